The van der Waals surface area contributed by atoms with E-state index >= 15 is 0 Å². The van der Waals surface area contributed by atoms with Crippen LogP contribution in [-0.2, 0) is 6.54 Å². The highest BCUT2D eigenvalue weighted by atomic mass is 15.3. The molecule has 1 aromatic heterocycles. The quantitative estimate of drug-likeness (QED) is 0.645. The van der Waals surface area contributed by atoms with E-state index in [9.17, 15) is 0 Å². The summed E-state index contributed by atoms with van der Waals surface area (Å²) >= 11 is 0. The number of fused-ring (bicyclic) bond motifs is 1. The van der Waals surface area contributed by atoms with Gasteiger partial charge in [-0.1, -0.05) is 57.2 Å². The molecule has 2 aromatic rings. The molecule has 0 bridgehead atoms. The Hall–Kier alpha value is -1.31. The lowest BCUT2D eigenvalue weighted by Crippen LogP contribution is -1.97. The lowest BCUT2D eigenvalue weighted by atomic mass is 10.1. The van der Waals surface area contributed by atoms with Crippen molar-refractivity contribution >= 4 is 10.9 Å². The number of unbranched alkanes of at least 4 members (excludes halogenated alkanes) is 5. The van der Waals surface area contributed by atoms with Crippen LogP contribution < -0.4 is 0 Å². The second kappa shape index (κ2) is 6.43. The largest absolute Gasteiger partial charge is 0.272 e. The molecular formula is C15H22N2. The molecule has 0 aliphatic rings. The number of nitrogens with zero attached hydrogens (tertiary/aromatic N) is 2. The minimum Gasteiger partial charge on any atom is -0.272 e. The summed E-state index contributed by atoms with van der Waals surface area (Å²) in [7, 11) is 0. The van der Waals surface area contributed by atoms with Crippen LogP contribution in [0.3, 0.4) is 0 Å². The van der Waals surface area contributed by atoms with Gasteiger partial charge in [-0.25, -0.2) is 0 Å². The van der Waals surface area contributed by atoms with Gasteiger partial charge in [0.2, 0.25) is 0 Å². The summed E-state index contributed by atoms with van der Waals surface area (Å²) in [4.78, 5) is 0. The Morgan fingerprint density at radius 1 is 1.00 bits per heavy atom. The van der Waals surface area contributed by atoms with Crippen molar-refractivity contribution in [3.63, 3.8) is 0 Å². The number of hydrogen-bond acceptors (Lipinski definition) is 1. The lowest BCUT2D eigenvalue weighted by molar-refractivity contribution is 0.530. The molecular weight excluding hydrogens is 208 g/mol. The van der Waals surface area contributed by atoms with Crippen molar-refractivity contribution in [2.75, 3.05) is 0 Å². The van der Waals surface area contributed by atoms with E-state index in [2.05, 4.69) is 41.1 Å². The highest BCUT2D eigenvalue weighted by molar-refractivity contribution is 5.77. The fourth-order valence-electron chi connectivity index (χ4n) is 2.18. The van der Waals surface area contributed by atoms with Crippen LogP contribution >= 0.6 is 0 Å². The third-order valence-corrected chi connectivity index (χ3v) is 3.20. The Balaban J connectivity index is 1.75. The van der Waals surface area contributed by atoms with Gasteiger partial charge in [0.1, 0.15) is 0 Å². The minimum atomic E-state index is 1.06. The summed E-state index contributed by atoms with van der Waals surface area (Å²) in [6, 6.07) is 8.32. The van der Waals surface area contributed by atoms with Crippen LogP contribution in [-0.4, -0.2) is 9.78 Å². The summed E-state index contributed by atoms with van der Waals surface area (Å²) < 4.78 is 2.09. The second-order valence-electron chi connectivity index (χ2n) is 4.72. The molecule has 0 amide bonds. The molecule has 92 valence electrons. The predicted octanol–water partition coefficient (Wildman–Crippen LogP) is 4.40. The lowest BCUT2D eigenvalue weighted by Gasteiger charge is -2.01. The van der Waals surface area contributed by atoms with Crippen molar-refractivity contribution in [3.05, 3.63) is 30.5 Å². The molecule has 0 aliphatic carbocycles. The van der Waals surface area contributed by atoms with Crippen LogP contribution in [0.15, 0.2) is 30.5 Å². The molecule has 2 heteroatoms. The Morgan fingerprint density at radius 2 is 1.76 bits per heavy atom. The molecule has 1 aromatic carbocycles. The molecule has 0 aliphatic heterocycles. The molecule has 1 heterocycles. The van der Waals surface area contributed by atoms with Gasteiger partial charge in [-0.3, -0.25) is 4.68 Å². The molecule has 0 atom stereocenters. The van der Waals surface area contributed by atoms with E-state index < -0.39 is 0 Å². The fraction of sp³-hybridized carbons (Fsp3) is 0.533. The van der Waals surface area contributed by atoms with E-state index in [-0.39, 0.29) is 0 Å². The maximum Gasteiger partial charge on any atom is 0.0923 e. The van der Waals surface area contributed by atoms with Gasteiger partial charge in [-0.15, -0.1) is 0 Å². The monoisotopic (exact) mass is 230 g/mol. The summed E-state index contributed by atoms with van der Waals surface area (Å²) in [6.45, 7) is 3.32. The summed E-state index contributed by atoms with van der Waals surface area (Å²) in [5.74, 6) is 0. The van der Waals surface area contributed by atoms with E-state index in [4.69, 9.17) is 0 Å². The van der Waals surface area contributed by atoms with Gasteiger partial charge < -0.3 is 0 Å². The Labute approximate surface area is 104 Å². The molecule has 0 saturated carbocycles. The zero-order chi connectivity index (χ0) is 11.9. The molecule has 0 fully saturated rings. The second-order valence-corrected chi connectivity index (χ2v) is 4.72. The van der Waals surface area contributed by atoms with Gasteiger partial charge in [0.05, 0.1) is 5.52 Å². The standard InChI is InChI=1S/C15H22N2/c1-2-3-4-5-6-9-12-17-13-14-10-7-8-11-15(14)16-17/h7-8,10-11,13H,2-6,9,12H2,1H3. The minimum absolute atomic E-state index is 1.06. The van der Waals surface area contributed by atoms with Crippen LogP contribution in [0.4, 0.5) is 0 Å². The van der Waals surface area contributed by atoms with Gasteiger partial charge in [0.25, 0.3) is 0 Å². The van der Waals surface area contributed by atoms with Crippen molar-refractivity contribution < 1.29 is 0 Å². The van der Waals surface area contributed by atoms with E-state index in [1.54, 1.807) is 0 Å². The highest BCUT2D eigenvalue weighted by Crippen LogP contribution is 2.12. The first kappa shape index (κ1) is 12.2. The first-order chi connectivity index (χ1) is 8.40. The SMILES string of the molecule is CCCCCCCCn1cc2ccccc2n1. The van der Waals surface area contributed by atoms with Crippen LogP contribution in [0.2, 0.25) is 0 Å². The maximum atomic E-state index is 4.56. The third-order valence-electron chi connectivity index (χ3n) is 3.20. The molecule has 2 rings (SSSR count). The topological polar surface area (TPSA) is 17.8 Å². The van der Waals surface area contributed by atoms with Gasteiger partial charge in [-0.05, 0) is 12.5 Å². The summed E-state index contributed by atoms with van der Waals surface area (Å²) in [5, 5.41) is 5.81. The highest BCUT2D eigenvalue weighted by Gasteiger charge is 1.98. The Bertz CT molecular complexity index is 412. The molecule has 0 radical (unpaired) electrons. The van der Waals surface area contributed by atoms with Crippen LogP contribution in [0.1, 0.15) is 45.4 Å². The summed E-state index contributed by atoms with van der Waals surface area (Å²) in [6.07, 6.45) is 10.2. The average molecular weight is 230 g/mol. The van der Waals surface area contributed by atoms with Crippen molar-refractivity contribution in [1.82, 2.24) is 9.78 Å². The van der Waals surface area contributed by atoms with E-state index in [1.165, 1.54) is 43.9 Å². The number of hydrogen-bond donors (Lipinski definition) is 0. The van der Waals surface area contributed by atoms with Gasteiger partial charge in [-0.2, -0.15) is 5.10 Å². The zero-order valence-electron chi connectivity index (χ0n) is 10.7. The molecule has 17 heavy (non-hydrogen) atoms. The Kier molecular flexibility index (Phi) is 4.60. The van der Waals surface area contributed by atoms with E-state index in [0.717, 1.165) is 12.1 Å². The first-order valence-electron chi connectivity index (χ1n) is 6.82. The average Bonchev–Trinajstić information content (AvgIpc) is 2.76. The van der Waals surface area contributed by atoms with Gasteiger partial charge in [0, 0.05) is 18.1 Å². The fourth-order valence-corrected chi connectivity index (χ4v) is 2.18. The van der Waals surface area contributed by atoms with Crippen LogP contribution in [0, 0.1) is 0 Å². The van der Waals surface area contributed by atoms with Crippen molar-refractivity contribution in [2.24, 2.45) is 0 Å². The predicted molar refractivity (Wildman–Crippen MR) is 73.1 cm³/mol. The Morgan fingerprint density at radius 3 is 2.59 bits per heavy atom. The first-order valence-corrected chi connectivity index (χ1v) is 6.82. The molecule has 2 nitrogen and oxygen atoms in total. The third kappa shape index (κ3) is 3.58. The maximum absolute atomic E-state index is 4.56. The van der Waals surface area contributed by atoms with Crippen LogP contribution in [0.5, 0.6) is 0 Å². The normalized spacial score (nSPS) is 11.1. The van der Waals surface area contributed by atoms with E-state index in [1.807, 2.05) is 6.07 Å². The number of aromatic nitrogens is 2. The molecule has 0 spiro atoms. The van der Waals surface area contributed by atoms with Crippen molar-refractivity contribution in [1.29, 1.82) is 0 Å². The van der Waals surface area contributed by atoms with Crippen molar-refractivity contribution in [2.45, 2.75) is 52.0 Å². The van der Waals surface area contributed by atoms with Gasteiger partial charge in [0.15, 0.2) is 0 Å². The number of benzene rings is 1. The van der Waals surface area contributed by atoms with Crippen molar-refractivity contribution in [3.8, 4) is 0 Å². The molecule has 0 N–H and O–H groups in total. The molecule has 0 unspecified atom stereocenters. The zero-order valence-corrected chi connectivity index (χ0v) is 10.7. The van der Waals surface area contributed by atoms with E-state index in [0.29, 0.717) is 0 Å². The van der Waals surface area contributed by atoms with Crippen LogP contribution in [0.25, 0.3) is 10.9 Å². The number of aryl methyl sites for hydroxylation is 1. The summed E-state index contributed by atoms with van der Waals surface area (Å²) in [5.41, 5.74) is 1.11. The van der Waals surface area contributed by atoms with Gasteiger partial charge >= 0.3 is 0 Å². The molecule has 0 saturated heterocycles. The number of rotatable bonds is 7. The smallest absolute Gasteiger partial charge is 0.0923 e.